The van der Waals surface area contributed by atoms with Crippen LogP contribution in [0, 0.1) is 20.2 Å². The van der Waals surface area contributed by atoms with Crippen LogP contribution in [0.3, 0.4) is 0 Å². The molecular formula is C46H34N4O6. The molecule has 2 aliphatic rings. The first-order valence-corrected chi connectivity index (χ1v) is 17.8. The van der Waals surface area contributed by atoms with E-state index in [-0.39, 0.29) is 17.2 Å². The molecule has 0 bridgehead atoms. The Kier molecular flexibility index (Phi) is 11.0. The highest BCUT2D eigenvalue weighted by Gasteiger charge is 2.20. The van der Waals surface area contributed by atoms with E-state index in [1.54, 1.807) is 24.3 Å². The van der Waals surface area contributed by atoms with Crippen LogP contribution < -0.4 is 0 Å². The third-order valence-electron chi connectivity index (χ3n) is 9.39. The summed E-state index contributed by atoms with van der Waals surface area (Å²) < 4.78 is 0. The normalized spacial score (nSPS) is 13.3. The SMILES string of the molecule is O=C(c1cccc([N+](=O)[O-])c1)c1ccc2c(c1)CN=C2/C=C/c1ccccc1.O=[N+]([O-])c1cccc(C(O)c2ccc3c(c2)CN=C3/C=C/c2ccccc2)c1. The smallest absolute Gasteiger partial charge is 0.270 e. The number of aliphatic hydroxyl groups is 1. The maximum Gasteiger partial charge on any atom is 0.270 e. The Morgan fingerprint density at radius 1 is 0.554 bits per heavy atom. The lowest BCUT2D eigenvalue weighted by Gasteiger charge is -2.13. The average Bonchev–Trinajstić information content (AvgIpc) is 3.85. The molecule has 0 saturated carbocycles. The van der Waals surface area contributed by atoms with Gasteiger partial charge in [-0.05, 0) is 51.6 Å². The molecule has 0 saturated heterocycles. The summed E-state index contributed by atoms with van der Waals surface area (Å²) in [7, 11) is 0. The van der Waals surface area contributed by atoms with Gasteiger partial charge in [0, 0.05) is 46.5 Å². The van der Waals surface area contributed by atoms with Crippen molar-refractivity contribution in [1.82, 2.24) is 0 Å². The Balaban J connectivity index is 0.000000172. The number of non-ortho nitro benzene ring substituents is 2. The highest BCUT2D eigenvalue weighted by atomic mass is 16.6. The lowest BCUT2D eigenvalue weighted by atomic mass is 9.96. The van der Waals surface area contributed by atoms with Crippen LogP contribution in [0.15, 0.2) is 168 Å². The van der Waals surface area contributed by atoms with Crippen molar-refractivity contribution in [3.05, 3.63) is 234 Å². The number of hydrogen-bond donors (Lipinski definition) is 1. The van der Waals surface area contributed by atoms with Gasteiger partial charge in [0.05, 0.1) is 34.4 Å². The minimum absolute atomic E-state index is 0.0330. The zero-order valence-electron chi connectivity index (χ0n) is 29.9. The first-order chi connectivity index (χ1) is 27.2. The van der Waals surface area contributed by atoms with E-state index in [1.807, 2.05) is 115 Å². The third-order valence-corrected chi connectivity index (χ3v) is 9.39. The number of aliphatic imine (C=N–C) groups is 2. The van der Waals surface area contributed by atoms with Crippen LogP contribution >= 0.6 is 0 Å². The summed E-state index contributed by atoms with van der Waals surface area (Å²) in [6.45, 7) is 1.07. The van der Waals surface area contributed by atoms with Crippen molar-refractivity contribution in [2.24, 2.45) is 9.98 Å². The van der Waals surface area contributed by atoms with E-state index < -0.39 is 16.0 Å². The average molecular weight is 739 g/mol. The van der Waals surface area contributed by atoms with Crippen LogP contribution in [0.5, 0.6) is 0 Å². The number of nitrogens with zero attached hydrogens (tertiary/aromatic N) is 4. The number of nitro groups is 2. The number of ketones is 1. The fraction of sp³-hybridized carbons (Fsp3) is 0.0652. The molecular weight excluding hydrogens is 705 g/mol. The van der Waals surface area contributed by atoms with E-state index in [1.165, 1.54) is 30.3 Å². The highest BCUT2D eigenvalue weighted by Crippen LogP contribution is 2.30. The van der Waals surface area contributed by atoms with Crippen molar-refractivity contribution in [2.75, 3.05) is 0 Å². The number of carbonyl (C=O) groups is 1. The number of carbonyl (C=O) groups excluding carboxylic acids is 1. The van der Waals surface area contributed by atoms with Crippen molar-refractivity contribution < 1.29 is 19.7 Å². The van der Waals surface area contributed by atoms with Gasteiger partial charge in [0.1, 0.15) is 6.10 Å². The van der Waals surface area contributed by atoms with Crippen LogP contribution in [0.25, 0.3) is 12.2 Å². The molecule has 0 radical (unpaired) electrons. The number of benzene rings is 6. The Labute approximate surface area is 322 Å². The second-order valence-electron chi connectivity index (χ2n) is 13.1. The van der Waals surface area contributed by atoms with Gasteiger partial charge in [-0.3, -0.25) is 35.0 Å². The Hall–Kier alpha value is -7.43. The topological polar surface area (TPSA) is 148 Å². The molecule has 0 amide bonds. The number of aliphatic hydroxyl groups excluding tert-OH is 1. The summed E-state index contributed by atoms with van der Waals surface area (Å²) in [4.78, 5) is 42.8. The highest BCUT2D eigenvalue weighted by molar-refractivity contribution is 6.15. The first-order valence-electron chi connectivity index (χ1n) is 17.8. The molecule has 6 aromatic carbocycles. The molecule has 1 N–H and O–H groups in total. The number of rotatable bonds is 10. The Bertz CT molecular complexity index is 2580. The van der Waals surface area contributed by atoms with Gasteiger partial charge in [0.15, 0.2) is 5.78 Å². The predicted octanol–water partition coefficient (Wildman–Crippen LogP) is 9.53. The van der Waals surface area contributed by atoms with Gasteiger partial charge in [0.2, 0.25) is 0 Å². The Morgan fingerprint density at radius 2 is 1.05 bits per heavy atom. The molecule has 0 aliphatic carbocycles. The van der Waals surface area contributed by atoms with E-state index in [9.17, 15) is 30.1 Å². The van der Waals surface area contributed by atoms with E-state index in [0.29, 0.717) is 35.3 Å². The molecule has 0 fully saturated rings. The lowest BCUT2D eigenvalue weighted by Crippen LogP contribution is -2.04. The molecule has 0 aromatic heterocycles. The summed E-state index contributed by atoms with van der Waals surface area (Å²) in [5.41, 5.74) is 9.93. The summed E-state index contributed by atoms with van der Waals surface area (Å²) >= 11 is 0. The zero-order chi connectivity index (χ0) is 39.0. The second-order valence-corrected chi connectivity index (χ2v) is 13.1. The summed E-state index contributed by atoms with van der Waals surface area (Å²) in [6, 6.07) is 43.1. The molecule has 10 nitrogen and oxygen atoms in total. The molecule has 56 heavy (non-hydrogen) atoms. The maximum atomic E-state index is 12.7. The fourth-order valence-electron chi connectivity index (χ4n) is 6.48. The van der Waals surface area contributed by atoms with Crippen LogP contribution in [0.2, 0.25) is 0 Å². The summed E-state index contributed by atoms with van der Waals surface area (Å²) in [6.07, 6.45) is 7.09. The van der Waals surface area contributed by atoms with Crippen LogP contribution in [0.4, 0.5) is 11.4 Å². The lowest BCUT2D eigenvalue weighted by molar-refractivity contribution is -0.385. The van der Waals surface area contributed by atoms with Crippen molar-refractivity contribution in [3.63, 3.8) is 0 Å². The van der Waals surface area contributed by atoms with Crippen LogP contribution in [-0.2, 0) is 13.1 Å². The summed E-state index contributed by atoms with van der Waals surface area (Å²) in [5, 5.41) is 32.6. The monoisotopic (exact) mass is 738 g/mol. The van der Waals surface area contributed by atoms with Gasteiger partial charge in [0.25, 0.3) is 11.4 Å². The van der Waals surface area contributed by atoms with Crippen LogP contribution in [0.1, 0.15) is 66.5 Å². The van der Waals surface area contributed by atoms with Gasteiger partial charge in [-0.15, -0.1) is 0 Å². The largest absolute Gasteiger partial charge is 0.384 e. The van der Waals surface area contributed by atoms with E-state index in [0.717, 1.165) is 44.8 Å². The molecule has 8 rings (SSSR count). The molecule has 2 heterocycles. The van der Waals surface area contributed by atoms with Crippen molar-refractivity contribution in [1.29, 1.82) is 0 Å². The molecule has 0 spiro atoms. The molecule has 1 atom stereocenters. The quantitative estimate of drug-likeness (QED) is 0.0841. The second kappa shape index (κ2) is 16.7. The molecule has 274 valence electrons. The van der Waals surface area contributed by atoms with Crippen molar-refractivity contribution in [2.45, 2.75) is 19.2 Å². The minimum atomic E-state index is -0.922. The van der Waals surface area contributed by atoms with Gasteiger partial charge in [-0.2, -0.15) is 0 Å². The van der Waals surface area contributed by atoms with E-state index in [4.69, 9.17) is 0 Å². The van der Waals surface area contributed by atoms with Crippen LogP contribution in [-0.4, -0.2) is 32.2 Å². The van der Waals surface area contributed by atoms with Crippen molar-refractivity contribution >= 4 is 40.7 Å². The van der Waals surface area contributed by atoms with Gasteiger partial charge < -0.3 is 5.11 Å². The maximum absolute atomic E-state index is 12.7. The number of hydrogen-bond acceptors (Lipinski definition) is 8. The van der Waals surface area contributed by atoms with Crippen molar-refractivity contribution in [3.8, 4) is 0 Å². The molecule has 1 unspecified atom stereocenters. The molecule has 2 aliphatic heterocycles. The van der Waals surface area contributed by atoms with Gasteiger partial charge in [-0.25, -0.2) is 0 Å². The number of fused-ring (bicyclic) bond motifs is 2. The molecule has 6 aromatic rings. The van der Waals surface area contributed by atoms with E-state index in [2.05, 4.69) is 9.98 Å². The summed E-state index contributed by atoms with van der Waals surface area (Å²) in [5.74, 6) is -0.236. The molecule has 10 heteroatoms. The third kappa shape index (κ3) is 8.52. The standard InChI is InChI=1S/C23H18N2O3.C23H16N2O3/c2*26-23(17-7-4-8-20(14-17)25(27)28)18-10-11-21-19(13-18)15-24-22(21)12-9-16-5-2-1-3-6-16/h1-14,23,26H,15H2;1-14H,15H2/b2*12-9+. The minimum Gasteiger partial charge on any atom is -0.384 e. The Morgan fingerprint density at radius 3 is 1.64 bits per heavy atom. The van der Waals surface area contributed by atoms with Gasteiger partial charge >= 0.3 is 0 Å². The number of allylic oxidation sites excluding steroid dienone is 2. The number of nitro benzene ring substituents is 2. The van der Waals surface area contributed by atoms with Gasteiger partial charge in [-0.1, -0.05) is 127 Å². The predicted molar refractivity (Wildman–Crippen MR) is 218 cm³/mol. The zero-order valence-corrected chi connectivity index (χ0v) is 29.9. The fourth-order valence-corrected chi connectivity index (χ4v) is 6.48. The van der Waals surface area contributed by atoms with E-state index >= 15 is 0 Å². The first kappa shape index (κ1) is 36.9.